The maximum atomic E-state index is 13.3. The molecule has 3 atom stereocenters. The number of ether oxygens (including phenoxy) is 4. The van der Waals surface area contributed by atoms with Gasteiger partial charge in [0.15, 0.2) is 6.29 Å². The zero-order chi connectivity index (χ0) is 26.3. The van der Waals surface area contributed by atoms with Crippen molar-refractivity contribution in [3.05, 3.63) is 71.4 Å². The van der Waals surface area contributed by atoms with Crippen LogP contribution in [-0.4, -0.2) is 69.3 Å². The highest BCUT2D eigenvalue weighted by Crippen LogP contribution is 2.37. The summed E-state index contributed by atoms with van der Waals surface area (Å²) in [5.74, 6) is -0.0872. The van der Waals surface area contributed by atoms with Gasteiger partial charge >= 0.3 is 5.97 Å². The second-order valence-corrected chi connectivity index (χ2v) is 10.6. The van der Waals surface area contributed by atoms with Crippen LogP contribution in [0.5, 0.6) is 0 Å². The molecule has 3 heterocycles. The molecule has 1 aromatic heterocycles. The van der Waals surface area contributed by atoms with E-state index in [1.54, 1.807) is 7.11 Å². The van der Waals surface area contributed by atoms with Gasteiger partial charge < -0.3 is 23.9 Å². The number of aromatic amines is 1. The number of nitrogens with one attached hydrogen (secondary N) is 1. The molecular weight excluding hydrogens is 480 g/mol. The molecule has 2 aliphatic rings. The number of aromatic nitrogens is 1. The second kappa shape index (κ2) is 12.9. The van der Waals surface area contributed by atoms with Gasteiger partial charge in [-0.3, -0.25) is 9.69 Å². The molecule has 0 saturated carbocycles. The lowest BCUT2D eigenvalue weighted by molar-refractivity contribution is -0.143. The van der Waals surface area contributed by atoms with E-state index in [1.807, 2.05) is 6.07 Å². The molecule has 0 bridgehead atoms. The molecule has 2 aromatic carbocycles. The van der Waals surface area contributed by atoms with Crippen molar-refractivity contribution in [3.63, 3.8) is 0 Å². The number of carbonyl (C=O) groups excluding carboxylic acids is 1. The smallest absolute Gasteiger partial charge is 0.314 e. The number of nitrogens with zero attached hydrogens (tertiary/aromatic N) is 1. The molecular formula is C31H40N2O5. The van der Waals surface area contributed by atoms with Gasteiger partial charge in [-0.2, -0.15) is 0 Å². The van der Waals surface area contributed by atoms with Crippen LogP contribution in [0.25, 0.3) is 10.9 Å². The molecule has 0 radical (unpaired) electrons. The number of hydrogen-bond donors (Lipinski definition) is 1. The molecule has 2 aliphatic heterocycles. The highest BCUT2D eigenvalue weighted by molar-refractivity contribution is 5.88. The first-order valence-electron chi connectivity index (χ1n) is 13.8. The van der Waals surface area contributed by atoms with E-state index in [1.165, 1.54) is 23.6 Å². The Labute approximate surface area is 225 Å². The molecule has 0 spiro atoms. The van der Waals surface area contributed by atoms with Gasteiger partial charge in [0.25, 0.3) is 0 Å². The second-order valence-electron chi connectivity index (χ2n) is 10.6. The molecule has 1 saturated heterocycles. The summed E-state index contributed by atoms with van der Waals surface area (Å²) < 4.78 is 22.7. The third-order valence-electron chi connectivity index (χ3n) is 8.05. The van der Waals surface area contributed by atoms with Crippen molar-refractivity contribution in [1.82, 2.24) is 9.88 Å². The number of rotatable bonds is 9. The third kappa shape index (κ3) is 6.29. The van der Waals surface area contributed by atoms with Crippen LogP contribution >= 0.6 is 0 Å². The van der Waals surface area contributed by atoms with Crippen LogP contribution in [0.1, 0.15) is 42.0 Å². The first-order valence-corrected chi connectivity index (χ1v) is 13.8. The fourth-order valence-corrected chi connectivity index (χ4v) is 6.26. The Morgan fingerprint density at radius 1 is 1.08 bits per heavy atom. The van der Waals surface area contributed by atoms with Crippen molar-refractivity contribution >= 4 is 16.9 Å². The topological polar surface area (TPSA) is 73.0 Å². The predicted molar refractivity (Wildman–Crippen MR) is 147 cm³/mol. The van der Waals surface area contributed by atoms with Gasteiger partial charge in [-0.25, -0.2) is 0 Å². The van der Waals surface area contributed by atoms with Crippen LogP contribution in [0, 0.1) is 11.8 Å². The highest BCUT2D eigenvalue weighted by atomic mass is 16.7. The van der Waals surface area contributed by atoms with Crippen LogP contribution in [0.4, 0.5) is 0 Å². The number of carbonyl (C=O) groups is 1. The first-order chi connectivity index (χ1) is 18.7. The number of H-pyrrole nitrogens is 1. The lowest BCUT2D eigenvalue weighted by Crippen LogP contribution is -2.34. The van der Waals surface area contributed by atoms with Gasteiger partial charge in [0.1, 0.15) is 0 Å². The van der Waals surface area contributed by atoms with Crippen molar-refractivity contribution in [2.75, 3.05) is 47.1 Å². The van der Waals surface area contributed by atoms with E-state index in [4.69, 9.17) is 18.9 Å². The van der Waals surface area contributed by atoms with Gasteiger partial charge in [0.2, 0.25) is 0 Å². The van der Waals surface area contributed by atoms with E-state index in [0.717, 1.165) is 50.1 Å². The van der Waals surface area contributed by atoms with E-state index in [9.17, 15) is 4.79 Å². The minimum Gasteiger partial charge on any atom is -0.469 e. The number of methoxy groups -OCH3 is 2. The van der Waals surface area contributed by atoms with Crippen LogP contribution in [0.2, 0.25) is 0 Å². The lowest BCUT2D eigenvalue weighted by Gasteiger charge is -2.32. The fourth-order valence-electron chi connectivity index (χ4n) is 6.26. The number of fused-ring (bicyclic) bond motifs is 3. The van der Waals surface area contributed by atoms with Crippen LogP contribution in [-0.2, 0) is 36.7 Å². The molecule has 0 aliphatic carbocycles. The van der Waals surface area contributed by atoms with Gasteiger partial charge in [0.05, 0.1) is 26.2 Å². The number of hydrogen-bond acceptors (Lipinski definition) is 6. The zero-order valence-corrected chi connectivity index (χ0v) is 22.6. The summed E-state index contributed by atoms with van der Waals surface area (Å²) in [6.07, 6.45) is 3.10. The molecule has 1 N–H and O–H groups in total. The Hall–Kier alpha value is -2.71. The highest BCUT2D eigenvalue weighted by Gasteiger charge is 2.35. The van der Waals surface area contributed by atoms with E-state index in [2.05, 4.69) is 58.4 Å². The van der Waals surface area contributed by atoms with Crippen molar-refractivity contribution < 1.29 is 23.7 Å². The Kier molecular flexibility index (Phi) is 9.12. The van der Waals surface area contributed by atoms with E-state index in [0.29, 0.717) is 26.2 Å². The minimum absolute atomic E-state index is 0.180. The van der Waals surface area contributed by atoms with Crippen molar-refractivity contribution in [1.29, 1.82) is 0 Å². The molecule has 5 rings (SSSR count). The SMILES string of the molecule is COCCC(C[C@@H]1C[C@H](C(=O)OC)c2[nH]c3ccccc3c2CCN(Cc2ccccc2)C1)C1OCCO1. The van der Waals surface area contributed by atoms with E-state index < -0.39 is 0 Å². The molecule has 0 amide bonds. The summed E-state index contributed by atoms with van der Waals surface area (Å²) in [7, 11) is 3.23. The van der Waals surface area contributed by atoms with Crippen LogP contribution in [0.3, 0.4) is 0 Å². The maximum Gasteiger partial charge on any atom is 0.314 e. The minimum atomic E-state index is -0.349. The maximum absolute atomic E-state index is 13.3. The van der Waals surface area contributed by atoms with Crippen molar-refractivity contribution in [2.24, 2.45) is 11.8 Å². The Balaban J connectivity index is 1.50. The molecule has 1 unspecified atom stereocenters. The largest absolute Gasteiger partial charge is 0.469 e. The lowest BCUT2D eigenvalue weighted by atomic mass is 9.83. The number of esters is 1. The molecule has 3 aromatic rings. The monoisotopic (exact) mass is 520 g/mol. The molecule has 7 nitrogen and oxygen atoms in total. The average molecular weight is 521 g/mol. The Bertz CT molecular complexity index is 1170. The van der Waals surface area contributed by atoms with E-state index >= 15 is 0 Å². The van der Waals surface area contributed by atoms with Crippen LogP contribution < -0.4 is 0 Å². The van der Waals surface area contributed by atoms with Gasteiger partial charge in [-0.1, -0.05) is 48.5 Å². The summed E-state index contributed by atoms with van der Waals surface area (Å²) in [6.45, 7) is 4.58. The molecule has 1 fully saturated rings. The number of benzene rings is 2. The van der Waals surface area contributed by atoms with Gasteiger partial charge in [-0.15, -0.1) is 0 Å². The zero-order valence-electron chi connectivity index (χ0n) is 22.6. The first kappa shape index (κ1) is 26.9. The predicted octanol–water partition coefficient (Wildman–Crippen LogP) is 4.90. The third-order valence-corrected chi connectivity index (χ3v) is 8.05. The quantitative estimate of drug-likeness (QED) is 0.405. The fraction of sp³-hybridized carbons (Fsp3) is 0.516. The summed E-state index contributed by atoms with van der Waals surface area (Å²) >= 11 is 0. The average Bonchev–Trinajstić information content (AvgIpc) is 3.61. The normalized spacial score (nSPS) is 21.9. The van der Waals surface area contributed by atoms with Gasteiger partial charge in [0, 0.05) is 55.9 Å². The standard InChI is InChI=1S/C31H40N2O5/c1-35-15-13-24(31-37-16-17-38-31)18-23-19-27(30(34)36-2)29-26(25-10-6-7-11-28(25)32-29)12-14-33(21-23)20-22-8-4-3-5-9-22/h3-11,23-24,27,31-32H,12-21H2,1-2H3/t23-,24?,27+/m1/s1. The Morgan fingerprint density at radius 2 is 1.84 bits per heavy atom. The summed E-state index contributed by atoms with van der Waals surface area (Å²) in [5.41, 5.74) is 4.61. The summed E-state index contributed by atoms with van der Waals surface area (Å²) in [5, 5.41) is 1.19. The molecule has 204 valence electrons. The van der Waals surface area contributed by atoms with Crippen molar-refractivity contribution in [2.45, 2.75) is 44.4 Å². The van der Waals surface area contributed by atoms with Crippen molar-refractivity contribution in [3.8, 4) is 0 Å². The summed E-state index contributed by atoms with van der Waals surface area (Å²) in [6, 6.07) is 19.0. The molecule has 7 heteroatoms. The van der Waals surface area contributed by atoms with E-state index in [-0.39, 0.29) is 30.0 Å². The van der Waals surface area contributed by atoms with Gasteiger partial charge in [-0.05, 0) is 48.8 Å². The molecule has 38 heavy (non-hydrogen) atoms. The van der Waals surface area contributed by atoms with Crippen LogP contribution in [0.15, 0.2) is 54.6 Å². The Morgan fingerprint density at radius 3 is 2.61 bits per heavy atom. The summed E-state index contributed by atoms with van der Waals surface area (Å²) in [4.78, 5) is 19.5. The number of para-hydroxylation sites is 1.